The van der Waals surface area contributed by atoms with Crippen LogP contribution in [-0.4, -0.2) is 4.98 Å². The Morgan fingerprint density at radius 2 is 2.20 bits per heavy atom. The van der Waals surface area contributed by atoms with Gasteiger partial charge in [-0.1, -0.05) is 6.07 Å². The van der Waals surface area contributed by atoms with E-state index in [0.29, 0.717) is 0 Å². The van der Waals surface area contributed by atoms with Crippen molar-refractivity contribution in [3.8, 4) is 11.0 Å². The molecule has 0 aliphatic rings. The first-order valence-electron chi connectivity index (χ1n) is 3.24. The minimum absolute atomic E-state index is 0.843. The van der Waals surface area contributed by atoms with Gasteiger partial charge in [0.05, 0.1) is 0 Å². The van der Waals surface area contributed by atoms with Crippen LogP contribution in [-0.2, 0) is 0 Å². The van der Waals surface area contributed by atoms with E-state index in [4.69, 9.17) is 0 Å². The van der Waals surface area contributed by atoms with Crippen LogP contribution in [0.1, 0.15) is 0 Å². The highest BCUT2D eigenvalue weighted by molar-refractivity contribution is 7.33. The smallest absolute Gasteiger partial charge is 0.0491 e. The van der Waals surface area contributed by atoms with E-state index >= 15 is 0 Å². The van der Waals surface area contributed by atoms with Gasteiger partial charge < -0.3 is 4.98 Å². The maximum atomic E-state index is 3.18. The third kappa shape index (κ3) is 0.891. The van der Waals surface area contributed by atoms with Crippen molar-refractivity contribution in [1.29, 1.82) is 0 Å². The molecule has 0 radical (unpaired) electrons. The molecule has 2 heteroatoms. The summed E-state index contributed by atoms with van der Waals surface area (Å²) in [5, 5.41) is 1.41. The monoisotopic (exact) mass is 149 g/mol. The molecule has 0 amide bonds. The van der Waals surface area contributed by atoms with Crippen LogP contribution >= 0.6 is 8.19 Å². The molecule has 0 fully saturated rings. The molecular formula is C8H8NP. The predicted octanol–water partition coefficient (Wildman–Crippen LogP) is 2.71. The molecule has 1 unspecified atom stereocenters. The number of aromatic nitrogens is 1. The molecule has 2 aromatic heterocycles. The lowest BCUT2D eigenvalue weighted by molar-refractivity contribution is 1.42. The predicted molar refractivity (Wildman–Crippen MR) is 45.7 cm³/mol. The van der Waals surface area contributed by atoms with Crippen molar-refractivity contribution in [2.45, 2.75) is 0 Å². The minimum Gasteiger partial charge on any atom is -0.361 e. The topological polar surface area (TPSA) is 15.8 Å². The summed E-state index contributed by atoms with van der Waals surface area (Å²) in [5.74, 6) is 2.19. The fourth-order valence-electron chi connectivity index (χ4n) is 0.996. The summed E-state index contributed by atoms with van der Waals surface area (Å²) in [7, 11) is 0.843. The van der Waals surface area contributed by atoms with E-state index in [1.807, 2.05) is 12.3 Å². The van der Waals surface area contributed by atoms with Crippen LogP contribution < -0.4 is 0 Å². The maximum Gasteiger partial charge on any atom is 0.0491 e. The van der Waals surface area contributed by atoms with Crippen LogP contribution in [0.25, 0.3) is 11.0 Å². The van der Waals surface area contributed by atoms with Gasteiger partial charge in [0.25, 0.3) is 0 Å². The molecule has 0 aromatic carbocycles. The molecule has 1 N–H and O–H groups in total. The average molecular weight is 149 g/mol. The second-order valence-corrected chi connectivity index (χ2v) is 3.33. The lowest BCUT2D eigenvalue weighted by Gasteiger charge is -1.88. The molecule has 2 rings (SSSR count). The van der Waals surface area contributed by atoms with Crippen molar-refractivity contribution >= 4 is 8.19 Å². The summed E-state index contributed by atoms with van der Waals surface area (Å²) in [4.78, 5) is 3.18. The van der Waals surface area contributed by atoms with Gasteiger partial charge in [0.15, 0.2) is 0 Å². The molecule has 2 heterocycles. The second kappa shape index (κ2) is 2.36. The van der Waals surface area contributed by atoms with Crippen molar-refractivity contribution in [3.05, 3.63) is 36.3 Å². The Bertz CT molecular complexity index is 249. The molecule has 0 aliphatic heterocycles. The zero-order valence-electron chi connectivity index (χ0n) is 5.46. The Hall–Kier alpha value is -0.940. The van der Waals surface area contributed by atoms with Crippen molar-refractivity contribution in [3.63, 3.8) is 0 Å². The first-order valence-corrected chi connectivity index (χ1v) is 4.32. The zero-order chi connectivity index (χ0) is 6.81. The van der Waals surface area contributed by atoms with E-state index in [1.165, 1.54) is 11.0 Å². The molecule has 10 heavy (non-hydrogen) atoms. The zero-order valence-corrected chi connectivity index (χ0v) is 6.46. The van der Waals surface area contributed by atoms with Gasteiger partial charge in [-0.15, -0.1) is 8.19 Å². The van der Waals surface area contributed by atoms with Crippen LogP contribution in [0.2, 0.25) is 0 Å². The van der Waals surface area contributed by atoms with Gasteiger partial charge in [-0.2, -0.15) is 0 Å². The van der Waals surface area contributed by atoms with Crippen molar-refractivity contribution < 1.29 is 0 Å². The molecule has 0 saturated carbocycles. The highest BCUT2D eigenvalue weighted by atomic mass is 31.0. The van der Waals surface area contributed by atoms with Crippen LogP contribution in [0.3, 0.4) is 0 Å². The Balaban J connectivity index is 2.48. The number of aromatic amines is 1. The molecule has 0 bridgehead atoms. The Morgan fingerprint density at radius 3 is 2.80 bits per heavy atom. The third-order valence-corrected chi connectivity index (χ3v) is 2.59. The average Bonchev–Trinajstić information content (AvgIpc) is 2.59. The van der Waals surface area contributed by atoms with E-state index in [1.54, 1.807) is 0 Å². The summed E-state index contributed by atoms with van der Waals surface area (Å²) in [6.07, 6.45) is 1.96. The van der Waals surface area contributed by atoms with Gasteiger partial charge in [0, 0.05) is 17.2 Å². The minimum atomic E-state index is 0.843. The molecule has 1 nitrogen and oxygen atoms in total. The van der Waals surface area contributed by atoms with Gasteiger partial charge in [-0.3, -0.25) is 0 Å². The number of hydrogen-bond acceptors (Lipinski definition) is 0. The van der Waals surface area contributed by atoms with Gasteiger partial charge in [0.2, 0.25) is 0 Å². The maximum absolute atomic E-state index is 3.18. The van der Waals surface area contributed by atoms with Crippen molar-refractivity contribution in [2.75, 3.05) is 0 Å². The largest absolute Gasteiger partial charge is 0.361 e. The first kappa shape index (κ1) is 5.82. The normalized spacial score (nSPS) is 10.8. The second-order valence-electron chi connectivity index (χ2n) is 2.17. The van der Waals surface area contributed by atoms with Gasteiger partial charge >= 0.3 is 0 Å². The Kier molecular flexibility index (Phi) is 1.37. The van der Waals surface area contributed by atoms with Crippen molar-refractivity contribution in [2.24, 2.45) is 0 Å². The fraction of sp³-hybridized carbons (Fsp3) is 0. The van der Waals surface area contributed by atoms with Crippen LogP contribution in [0.15, 0.2) is 36.3 Å². The molecule has 0 spiro atoms. The molecule has 2 aromatic rings. The molecule has 0 aliphatic carbocycles. The summed E-state index contributed by atoms with van der Waals surface area (Å²) < 4.78 is 0. The summed E-state index contributed by atoms with van der Waals surface area (Å²) in [5.41, 5.74) is 1.25. The lowest BCUT2D eigenvalue weighted by Crippen LogP contribution is -1.64. The van der Waals surface area contributed by atoms with Crippen LogP contribution in [0.4, 0.5) is 0 Å². The highest BCUT2D eigenvalue weighted by Gasteiger charge is 1.93. The third-order valence-electron chi connectivity index (χ3n) is 1.49. The molecule has 1 atom stereocenters. The van der Waals surface area contributed by atoms with E-state index in [9.17, 15) is 0 Å². The highest BCUT2D eigenvalue weighted by Crippen LogP contribution is 2.26. The van der Waals surface area contributed by atoms with Crippen LogP contribution in [0.5, 0.6) is 0 Å². The number of hydrogen-bond donors (Lipinski definition) is 1. The van der Waals surface area contributed by atoms with Gasteiger partial charge in [-0.25, -0.2) is 0 Å². The van der Waals surface area contributed by atoms with E-state index < -0.39 is 0 Å². The lowest BCUT2D eigenvalue weighted by atomic mass is 10.3. The summed E-state index contributed by atoms with van der Waals surface area (Å²) >= 11 is 0. The first-order chi connectivity index (χ1) is 4.97. The van der Waals surface area contributed by atoms with Crippen LogP contribution in [0, 0.1) is 0 Å². The van der Waals surface area contributed by atoms with E-state index in [0.717, 1.165) is 8.19 Å². The van der Waals surface area contributed by atoms with Gasteiger partial charge in [0.1, 0.15) is 0 Å². The number of rotatable bonds is 1. The molecular weight excluding hydrogens is 141 g/mol. The standard InChI is InChI=1S/C8H8NP/c1-3-7(9-5-1)8-4-2-6-10-8/h1-6,9-10H. The summed E-state index contributed by atoms with van der Waals surface area (Å²) in [6.45, 7) is 0. The van der Waals surface area contributed by atoms with Gasteiger partial charge in [-0.05, 0) is 24.0 Å². The number of H-pyrrole nitrogens is 1. The van der Waals surface area contributed by atoms with E-state index in [2.05, 4.69) is 29.0 Å². The number of nitrogens with one attached hydrogen (secondary N) is 1. The fourth-order valence-corrected chi connectivity index (χ4v) is 1.87. The summed E-state index contributed by atoms with van der Waals surface area (Å²) in [6, 6.07) is 8.39. The molecule has 0 saturated heterocycles. The quantitative estimate of drug-likeness (QED) is 0.641. The van der Waals surface area contributed by atoms with Crippen molar-refractivity contribution in [1.82, 2.24) is 4.98 Å². The Labute approximate surface area is 61.2 Å². The SMILES string of the molecule is c1c[nH]c(-c2ccc[pH]2)c1. The molecule has 50 valence electrons. The Morgan fingerprint density at radius 1 is 1.20 bits per heavy atom. The van der Waals surface area contributed by atoms with E-state index in [-0.39, 0.29) is 0 Å².